The number of pyridine rings is 1. The minimum absolute atomic E-state index is 0.0199. The topological polar surface area (TPSA) is 46.8 Å². The summed E-state index contributed by atoms with van der Waals surface area (Å²) < 4.78 is 7.48. The number of imidazole rings is 1. The smallest absolute Gasteiger partial charge is 0.272 e. The highest BCUT2D eigenvalue weighted by molar-refractivity contribution is 5.95. The highest BCUT2D eigenvalue weighted by atomic mass is 16.5. The average Bonchev–Trinajstić information content (AvgIpc) is 2.91. The first kappa shape index (κ1) is 16.3. The zero-order valence-corrected chi connectivity index (χ0v) is 13.9. The van der Waals surface area contributed by atoms with E-state index in [-0.39, 0.29) is 5.91 Å². The molecule has 5 heteroatoms. The number of carbonyl (C=O) groups is 1. The van der Waals surface area contributed by atoms with E-state index < -0.39 is 0 Å². The number of unbranched alkanes of at least 4 members (excludes halogenated alkanes) is 1. The van der Waals surface area contributed by atoms with Crippen LogP contribution in [0.2, 0.25) is 0 Å². The number of fused-ring (bicyclic) bond motifs is 1. The first-order valence-electron chi connectivity index (χ1n) is 8.02. The van der Waals surface area contributed by atoms with Gasteiger partial charge in [-0.25, -0.2) is 4.98 Å². The predicted molar refractivity (Wildman–Crippen MR) is 87.6 cm³/mol. The number of ether oxygens (including phenoxy) is 1. The average molecular weight is 303 g/mol. The Morgan fingerprint density at radius 2 is 2.14 bits per heavy atom. The molecule has 22 heavy (non-hydrogen) atoms. The Labute approximate surface area is 131 Å². The molecule has 2 heterocycles. The van der Waals surface area contributed by atoms with Gasteiger partial charge in [0.2, 0.25) is 0 Å². The second kappa shape index (κ2) is 7.29. The molecule has 0 radical (unpaired) electrons. The van der Waals surface area contributed by atoms with E-state index in [9.17, 15) is 4.79 Å². The summed E-state index contributed by atoms with van der Waals surface area (Å²) in [5.41, 5.74) is 2.19. The van der Waals surface area contributed by atoms with E-state index in [1.54, 1.807) is 4.90 Å². The Balaban J connectivity index is 2.48. The molecular weight excluding hydrogens is 278 g/mol. The van der Waals surface area contributed by atoms with Gasteiger partial charge in [-0.1, -0.05) is 20.3 Å². The number of aryl methyl sites for hydroxylation is 1. The van der Waals surface area contributed by atoms with E-state index in [1.807, 2.05) is 43.6 Å². The Kier molecular flexibility index (Phi) is 5.41. The Hall–Kier alpha value is -2.04. The van der Waals surface area contributed by atoms with Crippen molar-refractivity contribution in [3.63, 3.8) is 0 Å². The van der Waals surface area contributed by atoms with Crippen LogP contribution in [0, 0.1) is 0 Å². The molecule has 0 aliphatic carbocycles. The third-order valence-electron chi connectivity index (χ3n) is 3.72. The normalized spacial score (nSPS) is 10.9. The van der Waals surface area contributed by atoms with Gasteiger partial charge in [-0.3, -0.25) is 9.20 Å². The second-order valence-electron chi connectivity index (χ2n) is 5.34. The Bertz CT molecular complexity index is 649. The largest absolute Gasteiger partial charge is 0.490 e. The summed E-state index contributed by atoms with van der Waals surface area (Å²) in [4.78, 5) is 19.2. The molecule has 2 aromatic heterocycles. The van der Waals surface area contributed by atoms with Gasteiger partial charge in [0.25, 0.3) is 5.91 Å². The molecule has 0 atom stereocenters. The van der Waals surface area contributed by atoms with Crippen LogP contribution in [0.25, 0.3) is 5.65 Å². The second-order valence-corrected chi connectivity index (χ2v) is 5.34. The summed E-state index contributed by atoms with van der Waals surface area (Å²) in [6.07, 6.45) is 4.67. The number of amides is 1. The van der Waals surface area contributed by atoms with Crippen LogP contribution in [0.5, 0.6) is 5.75 Å². The van der Waals surface area contributed by atoms with Gasteiger partial charge in [0.15, 0.2) is 11.4 Å². The molecule has 2 aromatic rings. The molecule has 0 bridgehead atoms. The van der Waals surface area contributed by atoms with Crippen molar-refractivity contribution in [1.82, 2.24) is 14.3 Å². The molecule has 0 saturated carbocycles. The summed E-state index contributed by atoms with van der Waals surface area (Å²) in [6, 6.07) is 3.78. The zero-order valence-electron chi connectivity index (χ0n) is 13.9. The summed E-state index contributed by atoms with van der Waals surface area (Å²) in [5, 5.41) is 0. The standard InChI is InChI=1S/C17H25N3O2/c1-5-8-11-19(4)17(21)15-13(6-2)18-16-14(22-7-3)10-9-12-20(15)16/h9-10,12H,5-8,11H2,1-4H3. The van der Waals surface area contributed by atoms with Gasteiger partial charge in [-0.15, -0.1) is 0 Å². The molecule has 0 spiro atoms. The van der Waals surface area contributed by atoms with E-state index >= 15 is 0 Å². The number of carbonyl (C=O) groups excluding carboxylic acids is 1. The molecule has 5 nitrogen and oxygen atoms in total. The molecule has 0 fully saturated rings. The molecule has 1 amide bonds. The third kappa shape index (κ3) is 3.08. The quantitative estimate of drug-likeness (QED) is 0.789. The Morgan fingerprint density at radius 1 is 1.36 bits per heavy atom. The maximum Gasteiger partial charge on any atom is 0.272 e. The van der Waals surface area contributed by atoms with E-state index in [1.165, 1.54) is 0 Å². The molecule has 0 aliphatic rings. The number of hydrogen-bond acceptors (Lipinski definition) is 3. The van der Waals surface area contributed by atoms with Crippen molar-refractivity contribution in [3.05, 3.63) is 29.7 Å². The maximum atomic E-state index is 12.8. The van der Waals surface area contributed by atoms with Crippen LogP contribution in [-0.2, 0) is 6.42 Å². The zero-order chi connectivity index (χ0) is 16.1. The number of rotatable bonds is 7. The summed E-state index contributed by atoms with van der Waals surface area (Å²) in [7, 11) is 1.85. The summed E-state index contributed by atoms with van der Waals surface area (Å²) in [5.74, 6) is 0.737. The molecule has 0 saturated heterocycles. The first-order chi connectivity index (χ1) is 10.6. The van der Waals surface area contributed by atoms with Gasteiger partial charge in [0.1, 0.15) is 5.69 Å². The van der Waals surface area contributed by atoms with E-state index in [4.69, 9.17) is 4.74 Å². The monoisotopic (exact) mass is 303 g/mol. The lowest BCUT2D eigenvalue weighted by molar-refractivity contribution is 0.0785. The molecule has 0 aliphatic heterocycles. The molecule has 0 unspecified atom stereocenters. The first-order valence-corrected chi connectivity index (χ1v) is 8.02. The van der Waals surface area contributed by atoms with Crippen LogP contribution < -0.4 is 4.74 Å². The van der Waals surface area contributed by atoms with Crippen molar-refractivity contribution < 1.29 is 9.53 Å². The van der Waals surface area contributed by atoms with Gasteiger partial charge in [0.05, 0.1) is 12.3 Å². The van der Waals surface area contributed by atoms with Crippen LogP contribution in [0.1, 0.15) is 49.8 Å². The van der Waals surface area contributed by atoms with Crippen molar-refractivity contribution in [3.8, 4) is 5.75 Å². The van der Waals surface area contributed by atoms with Crippen LogP contribution in [0.3, 0.4) is 0 Å². The highest BCUT2D eigenvalue weighted by Gasteiger charge is 2.22. The van der Waals surface area contributed by atoms with Crippen molar-refractivity contribution >= 4 is 11.6 Å². The van der Waals surface area contributed by atoms with Crippen LogP contribution in [-0.4, -0.2) is 40.4 Å². The lowest BCUT2D eigenvalue weighted by Crippen LogP contribution is -2.29. The van der Waals surface area contributed by atoms with E-state index in [0.29, 0.717) is 17.9 Å². The van der Waals surface area contributed by atoms with Crippen molar-refractivity contribution in [1.29, 1.82) is 0 Å². The van der Waals surface area contributed by atoms with Crippen molar-refractivity contribution in [2.45, 2.75) is 40.0 Å². The fraction of sp³-hybridized carbons (Fsp3) is 0.529. The number of nitrogens with zero attached hydrogens (tertiary/aromatic N) is 3. The fourth-order valence-corrected chi connectivity index (χ4v) is 2.51. The van der Waals surface area contributed by atoms with Crippen molar-refractivity contribution in [2.75, 3.05) is 20.2 Å². The lowest BCUT2D eigenvalue weighted by atomic mass is 10.2. The molecule has 2 rings (SSSR count). The SMILES string of the molecule is CCCCN(C)C(=O)c1c(CC)nc2c(OCC)cccn12. The molecule has 0 N–H and O–H groups in total. The molecule has 120 valence electrons. The minimum Gasteiger partial charge on any atom is -0.490 e. The molecular formula is C17H25N3O2. The van der Waals surface area contributed by atoms with Gasteiger partial charge in [-0.2, -0.15) is 0 Å². The lowest BCUT2D eigenvalue weighted by Gasteiger charge is -2.17. The van der Waals surface area contributed by atoms with Crippen LogP contribution in [0.15, 0.2) is 18.3 Å². The Morgan fingerprint density at radius 3 is 2.77 bits per heavy atom. The van der Waals surface area contributed by atoms with Gasteiger partial charge in [-0.05, 0) is 31.9 Å². The van der Waals surface area contributed by atoms with Crippen LogP contribution >= 0.6 is 0 Å². The maximum absolute atomic E-state index is 12.8. The predicted octanol–water partition coefficient (Wildman–Crippen LogP) is 3.17. The van der Waals surface area contributed by atoms with Gasteiger partial charge in [0, 0.05) is 19.8 Å². The minimum atomic E-state index is 0.0199. The van der Waals surface area contributed by atoms with Gasteiger partial charge < -0.3 is 9.64 Å². The highest BCUT2D eigenvalue weighted by Crippen LogP contribution is 2.23. The van der Waals surface area contributed by atoms with Crippen LogP contribution in [0.4, 0.5) is 0 Å². The summed E-state index contributed by atoms with van der Waals surface area (Å²) in [6.45, 7) is 7.42. The van der Waals surface area contributed by atoms with E-state index in [0.717, 1.165) is 37.3 Å². The summed E-state index contributed by atoms with van der Waals surface area (Å²) >= 11 is 0. The third-order valence-corrected chi connectivity index (χ3v) is 3.72. The molecule has 0 aromatic carbocycles. The fourth-order valence-electron chi connectivity index (χ4n) is 2.51. The van der Waals surface area contributed by atoms with Gasteiger partial charge >= 0.3 is 0 Å². The van der Waals surface area contributed by atoms with E-state index in [2.05, 4.69) is 11.9 Å². The number of hydrogen-bond donors (Lipinski definition) is 0. The number of aromatic nitrogens is 2. The van der Waals surface area contributed by atoms with Crippen molar-refractivity contribution in [2.24, 2.45) is 0 Å².